The standard InChI is InChI=1S/C30H27FN4O5/c1-38-25-15-21(16-26(39-2)27(25)40-3)29(37)35(30(32)33)24-6-4-5-23(17-24)34-28(36)20-9-7-18(8-10-20)19-11-13-22(31)14-12-19/h4-17H,1-3H3,(H3,32,33)(H,34,36). The van der Waals surface area contributed by atoms with E-state index in [9.17, 15) is 14.0 Å². The highest BCUT2D eigenvalue weighted by Gasteiger charge is 2.25. The summed E-state index contributed by atoms with van der Waals surface area (Å²) >= 11 is 0. The van der Waals surface area contributed by atoms with Gasteiger partial charge < -0.3 is 25.3 Å². The number of ether oxygens (including phenoxy) is 3. The molecule has 0 saturated heterocycles. The van der Waals surface area contributed by atoms with Gasteiger partial charge in [-0.05, 0) is 65.7 Å². The van der Waals surface area contributed by atoms with Crippen molar-refractivity contribution in [3.63, 3.8) is 0 Å². The summed E-state index contributed by atoms with van der Waals surface area (Å²) in [6.07, 6.45) is 0. The Labute approximate surface area is 230 Å². The van der Waals surface area contributed by atoms with E-state index in [1.165, 1.54) is 51.7 Å². The smallest absolute Gasteiger partial charge is 0.265 e. The van der Waals surface area contributed by atoms with E-state index < -0.39 is 11.9 Å². The first-order valence-corrected chi connectivity index (χ1v) is 12.0. The molecule has 0 aliphatic carbocycles. The van der Waals surface area contributed by atoms with Crippen molar-refractivity contribution in [2.75, 3.05) is 31.5 Å². The lowest BCUT2D eigenvalue weighted by molar-refractivity contribution is 0.0999. The second-order valence-corrected chi connectivity index (χ2v) is 8.53. The molecule has 0 fully saturated rings. The van der Waals surface area contributed by atoms with Crippen LogP contribution in [0.1, 0.15) is 20.7 Å². The number of halogens is 1. The number of benzene rings is 4. The number of amides is 2. The zero-order valence-corrected chi connectivity index (χ0v) is 22.0. The Balaban J connectivity index is 1.57. The molecular weight excluding hydrogens is 515 g/mol. The van der Waals surface area contributed by atoms with Gasteiger partial charge in [-0.3, -0.25) is 15.0 Å². The van der Waals surface area contributed by atoms with Crippen molar-refractivity contribution in [2.45, 2.75) is 0 Å². The second kappa shape index (κ2) is 12.0. The van der Waals surface area contributed by atoms with Crippen LogP contribution in [0.4, 0.5) is 15.8 Å². The molecule has 204 valence electrons. The van der Waals surface area contributed by atoms with Crippen molar-refractivity contribution >= 4 is 29.1 Å². The zero-order valence-electron chi connectivity index (χ0n) is 22.0. The molecule has 4 aromatic carbocycles. The van der Waals surface area contributed by atoms with Crippen molar-refractivity contribution in [2.24, 2.45) is 5.73 Å². The Morgan fingerprint density at radius 1 is 0.800 bits per heavy atom. The summed E-state index contributed by atoms with van der Waals surface area (Å²) in [4.78, 5) is 27.4. The van der Waals surface area contributed by atoms with Gasteiger partial charge in [0.15, 0.2) is 17.5 Å². The molecule has 2 amide bonds. The number of hydrogen-bond acceptors (Lipinski definition) is 6. The Morgan fingerprint density at radius 2 is 1.38 bits per heavy atom. The van der Waals surface area contributed by atoms with Gasteiger partial charge >= 0.3 is 0 Å². The maximum Gasteiger partial charge on any atom is 0.265 e. The first kappa shape index (κ1) is 27.6. The molecule has 4 N–H and O–H groups in total. The molecule has 10 heteroatoms. The molecule has 0 heterocycles. The minimum absolute atomic E-state index is 0.139. The number of hydrogen-bond donors (Lipinski definition) is 3. The van der Waals surface area contributed by atoms with Crippen molar-refractivity contribution in [3.8, 4) is 28.4 Å². The van der Waals surface area contributed by atoms with Gasteiger partial charge in [0.05, 0.1) is 27.0 Å². The molecule has 0 aliphatic heterocycles. The van der Waals surface area contributed by atoms with Crippen molar-refractivity contribution in [3.05, 3.63) is 102 Å². The molecule has 0 aliphatic rings. The first-order valence-electron chi connectivity index (χ1n) is 12.0. The van der Waals surface area contributed by atoms with Crippen molar-refractivity contribution < 1.29 is 28.2 Å². The van der Waals surface area contributed by atoms with Crippen molar-refractivity contribution in [1.29, 1.82) is 5.41 Å². The van der Waals surface area contributed by atoms with Crippen LogP contribution in [0, 0.1) is 11.2 Å². The molecule has 4 aromatic rings. The summed E-state index contributed by atoms with van der Waals surface area (Å²) in [6, 6.07) is 22.2. The van der Waals surface area contributed by atoms with E-state index in [0.717, 1.165) is 16.0 Å². The van der Waals surface area contributed by atoms with E-state index in [4.69, 9.17) is 25.4 Å². The number of guanidine groups is 1. The topological polar surface area (TPSA) is 127 Å². The molecule has 0 atom stereocenters. The van der Waals surface area contributed by atoms with Gasteiger partial charge in [0, 0.05) is 16.8 Å². The predicted octanol–water partition coefficient (Wildman–Crippen LogP) is 5.31. The minimum atomic E-state index is -0.619. The Kier molecular flexibility index (Phi) is 8.29. The van der Waals surface area contributed by atoms with Gasteiger partial charge in [-0.25, -0.2) is 9.29 Å². The third-order valence-electron chi connectivity index (χ3n) is 6.04. The first-order chi connectivity index (χ1) is 19.2. The quantitative estimate of drug-likeness (QED) is 0.205. The number of carbonyl (C=O) groups is 2. The molecule has 0 saturated carbocycles. The van der Waals surface area contributed by atoms with Crippen LogP contribution in [0.25, 0.3) is 11.1 Å². The highest BCUT2D eigenvalue weighted by atomic mass is 19.1. The molecule has 40 heavy (non-hydrogen) atoms. The van der Waals surface area contributed by atoms with E-state index in [1.54, 1.807) is 54.6 Å². The van der Waals surface area contributed by atoms with Gasteiger partial charge in [0.1, 0.15) is 5.82 Å². The average molecular weight is 543 g/mol. The highest BCUT2D eigenvalue weighted by molar-refractivity contribution is 6.21. The van der Waals surface area contributed by atoms with Crippen LogP contribution in [0.2, 0.25) is 0 Å². The number of rotatable bonds is 8. The maximum atomic E-state index is 13.5. The predicted molar refractivity (Wildman–Crippen MR) is 151 cm³/mol. The van der Waals surface area contributed by atoms with Crippen LogP contribution in [0.15, 0.2) is 84.9 Å². The van der Waals surface area contributed by atoms with Gasteiger partial charge in [0.25, 0.3) is 11.8 Å². The van der Waals surface area contributed by atoms with Crippen LogP contribution < -0.4 is 30.2 Å². The number of methoxy groups -OCH3 is 3. The van der Waals surface area contributed by atoms with E-state index in [-0.39, 0.29) is 34.5 Å². The fraction of sp³-hybridized carbons (Fsp3) is 0.100. The monoisotopic (exact) mass is 542 g/mol. The molecule has 9 nitrogen and oxygen atoms in total. The van der Waals surface area contributed by atoms with Crippen LogP contribution >= 0.6 is 0 Å². The summed E-state index contributed by atoms with van der Waals surface area (Å²) in [5, 5.41) is 10.9. The summed E-state index contributed by atoms with van der Waals surface area (Å²) in [7, 11) is 4.30. The average Bonchev–Trinajstić information content (AvgIpc) is 2.96. The van der Waals surface area contributed by atoms with E-state index in [0.29, 0.717) is 17.0 Å². The largest absolute Gasteiger partial charge is 0.493 e. The third kappa shape index (κ3) is 5.86. The Hall–Kier alpha value is -5.38. The maximum absolute atomic E-state index is 13.5. The van der Waals surface area contributed by atoms with Crippen molar-refractivity contribution in [1.82, 2.24) is 0 Å². The summed E-state index contributed by atoms with van der Waals surface area (Å²) in [6.45, 7) is 0. The third-order valence-corrected chi connectivity index (χ3v) is 6.04. The Bertz CT molecular complexity index is 1530. The molecule has 0 spiro atoms. The number of nitrogens with one attached hydrogen (secondary N) is 2. The van der Waals surface area contributed by atoms with E-state index >= 15 is 0 Å². The molecule has 0 bridgehead atoms. The SMILES string of the molecule is COc1cc(C(=O)N(C(=N)N)c2cccc(NC(=O)c3ccc(-c4ccc(F)cc4)cc3)c2)cc(OC)c1OC. The highest BCUT2D eigenvalue weighted by Crippen LogP contribution is 2.38. The number of nitrogens with two attached hydrogens (primary N) is 1. The minimum Gasteiger partial charge on any atom is -0.493 e. The summed E-state index contributed by atoms with van der Waals surface area (Å²) in [5.74, 6) is -1.01. The van der Waals surface area contributed by atoms with E-state index in [2.05, 4.69) is 5.32 Å². The fourth-order valence-electron chi connectivity index (χ4n) is 4.08. The lowest BCUT2D eigenvalue weighted by Gasteiger charge is -2.22. The number of nitrogens with zero attached hydrogens (tertiary/aromatic N) is 1. The normalized spacial score (nSPS) is 10.4. The molecular formula is C30H27FN4O5. The fourth-order valence-corrected chi connectivity index (χ4v) is 4.08. The van der Waals surface area contributed by atoms with E-state index in [1.807, 2.05) is 0 Å². The molecule has 0 aromatic heterocycles. The van der Waals surface area contributed by atoms with Gasteiger partial charge in [0.2, 0.25) is 5.75 Å². The number of carbonyl (C=O) groups excluding carboxylic acids is 2. The molecule has 4 rings (SSSR count). The summed E-state index contributed by atoms with van der Waals surface area (Å²) < 4.78 is 29.2. The van der Waals surface area contributed by atoms with Crippen LogP contribution in [-0.4, -0.2) is 39.1 Å². The van der Waals surface area contributed by atoms with Gasteiger partial charge in [-0.15, -0.1) is 0 Å². The Morgan fingerprint density at radius 3 is 1.90 bits per heavy atom. The van der Waals surface area contributed by atoms with Gasteiger partial charge in [-0.1, -0.05) is 30.3 Å². The molecule has 0 unspecified atom stereocenters. The van der Waals surface area contributed by atoms with Gasteiger partial charge in [-0.2, -0.15) is 0 Å². The summed E-state index contributed by atoms with van der Waals surface area (Å²) in [5.41, 5.74) is 8.64. The van der Waals surface area contributed by atoms with Crippen LogP contribution in [-0.2, 0) is 0 Å². The molecule has 0 radical (unpaired) electrons. The van der Waals surface area contributed by atoms with Crippen LogP contribution in [0.3, 0.4) is 0 Å². The lowest BCUT2D eigenvalue weighted by Crippen LogP contribution is -2.41. The van der Waals surface area contributed by atoms with Crippen LogP contribution in [0.5, 0.6) is 17.2 Å². The number of anilines is 2. The second-order valence-electron chi connectivity index (χ2n) is 8.53. The lowest BCUT2D eigenvalue weighted by atomic mass is 10.0. The zero-order chi connectivity index (χ0) is 28.8.